The van der Waals surface area contributed by atoms with E-state index >= 15 is 0 Å². The first-order chi connectivity index (χ1) is 9.17. The lowest BCUT2D eigenvalue weighted by Crippen LogP contribution is -2.52. The monoisotopic (exact) mass is 285 g/mol. The molecule has 19 heavy (non-hydrogen) atoms. The van der Waals surface area contributed by atoms with Crippen molar-refractivity contribution in [2.24, 2.45) is 0 Å². The summed E-state index contributed by atoms with van der Waals surface area (Å²) in [5.41, 5.74) is 0. The van der Waals surface area contributed by atoms with E-state index < -0.39 is 0 Å². The van der Waals surface area contributed by atoms with Gasteiger partial charge < -0.3 is 15.1 Å². The second-order valence-corrected chi connectivity index (χ2v) is 6.12. The molecule has 2 rings (SSSR count). The number of nitrogens with one attached hydrogen (secondary N) is 1. The van der Waals surface area contributed by atoms with Crippen LogP contribution in [0.15, 0.2) is 0 Å². The predicted octanol–water partition coefficient (Wildman–Crippen LogP) is 0.508. The Morgan fingerprint density at radius 2 is 2.00 bits per heavy atom. The van der Waals surface area contributed by atoms with Crippen LogP contribution in [-0.2, 0) is 9.59 Å². The highest BCUT2D eigenvalue weighted by Gasteiger charge is 2.37. The van der Waals surface area contributed by atoms with Crippen molar-refractivity contribution in [3.63, 3.8) is 0 Å². The molecule has 5 nitrogen and oxygen atoms in total. The smallest absolute Gasteiger partial charge is 0.246 e. The van der Waals surface area contributed by atoms with Crippen LogP contribution >= 0.6 is 11.8 Å². The molecular formula is C13H23N3O2S. The average Bonchev–Trinajstić information content (AvgIpc) is 2.95. The van der Waals surface area contributed by atoms with Crippen LogP contribution in [0.3, 0.4) is 0 Å². The van der Waals surface area contributed by atoms with E-state index in [1.54, 1.807) is 16.7 Å². The summed E-state index contributed by atoms with van der Waals surface area (Å²) in [5, 5.41) is 3.26. The molecule has 2 amide bonds. The lowest BCUT2D eigenvalue weighted by molar-refractivity contribution is -0.144. The number of hydrogen-bond acceptors (Lipinski definition) is 4. The fourth-order valence-electron chi connectivity index (χ4n) is 2.70. The Morgan fingerprint density at radius 3 is 2.58 bits per heavy atom. The van der Waals surface area contributed by atoms with Crippen LogP contribution in [0.2, 0.25) is 0 Å². The molecule has 0 spiro atoms. The van der Waals surface area contributed by atoms with Gasteiger partial charge in [-0.05, 0) is 19.9 Å². The Balaban J connectivity index is 1.94. The van der Waals surface area contributed by atoms with Gasteiger partial charge in [0.05, 0.1) is 5.88 Å². The molecular weight excluding hydrogens is 262 g/mol. The number of hydrogen-bond donors (Lipinski definition) is 1. The number of carbonyl (C=O) groups excluding carboxylic acids is 2. The first kappa shape index (κ1) is 14.7. The first-order valence-electron chi connectivity index (χ1n) is 7.00. The third-order valence-corrected chi connectivity index (χ3v) is 5.02. The van der Waals surface area contributed by atoms with E-state index in [1.807, 2.05) is 18.9 Å². The molecule has 0 bridgehead atoms. The number of thioether (sulfide) groups is 1. The van der Waals surface area contributed by atoms with Gasteiger partial charge in [-0.25, -0.2) is 0 Å². The maximum absolute atomic E-state index is 12.5. The molecule has 0 aromatic carbocycles. The van der Waals surface area contributed by atoms with Crippen molar-refractivity contribution in [1.82, 2.24) is 15.1 Å². The maximum atomic E-state index is 12.5. The van der Waals surface area contributed by atoms with Crippen molar-refractivity contribution in [3.8, 4) is 0 Å². The number of carbonyl (C=O) groups is 2. The van der Waals surface area contributed by atoms with Crippen molar-refractivity contribution in [2.45, 2.75) is 38.3 Å². The lowest BCUT2D eigenvalue weighted by Gasteiger charge is -2.35. The van der Waals surface area contributed by atoms with Crippen molar-refractivity contribution < 1.29 is 9.59 Å². The third kappa shape index (κ3) is 3.23. The van der Waals surface area contributed by atoms with E-state index in [1.165, 1.54) is 0 Å². The Morgan fingerprint density at radius 1 is 1.32 bits per heavy atom. The minimum absolute atomic E-state index is 0.0912. The summed E-state index contributed by atoms with van der Waals surface area (Å²) >= 11 is 1.68. The van der Waals surface area contributed by atoms with Crippen molar-refractivity contribution in [3.05, 3.63) is 0 Å². The summed E-state index contributed by atoms with van der Waals surface area (Å²) in [4.78, 5) is 28.0. The number of rotatable bonds is 3. The van der Waals surface area contributed by atoms with E-state index in [0.29, 0.717) is 18.3 Å². The fraction of sp³-hybridized carbons (Fsp3) is 0.846. The summed E-state index contributed by atoms with van der Waals surface area (Å²) in [5.74, 6) is 1.64. The van der Waals surface area contributed by atoms with Gasteiger partial charge in [-0.1, -0.05) is 6.92 Å². The zero-order valence-electron chi connectivity index (χ0n) is 11.7. The molecule has 108 valence electrons. The Labute approximate surface area is 119 Å². The zero-order valence-corrected chi connectivity index (χ0v) is 12.5. The summed E-state index contributed by atoms with van der Waals surface area (Å²) in [7, 11) is 1.97. The molecule has 6 heteroatoms. The molecule has 1 unspecified atom stereocenters. The van der Waals surface area contributed by atoms with Crippen molar-refractivity contribution >= 4 is 23.6 Å². The van der Waals surface area contributed by atoms with Crippen molar-refractivity contribution in [2.75, 3.05) is 31.8 Å². The molecule has 0 saturated carbocycles. The number of amides is 2. The summed E-state index contributed by atoms with van der Waals surface area (Å²) in [6, 6.07) is 0.291. The standard InChI is InChI=1S/C13H23N3O2S/c1-3-12(17)16-9-19-8-11(16)13(18)15-6-4-10(14-2)5-7-15/h10-11,14H,3-9H2,1-2H3. The number of nitrogens with zero attached hydrogens (tertiary/aromatic N) is 2. The molecule has 2 aliphatic heterocycles. The van der Waals surface area contributed by atoms with E-state index in [0.717, 1.165) is 31.7 Å². The third-order valence-electron chi connectivity index (χ3n) is 4.01. The average molecular weight is 285 g/mol. The van der Waals surface area contributed by atoms with Gasteiger partial charge >= 0.3 is 0 Å². The highest BCUT2D eigenvalue weighted by molar-refractivity contribution is 7.99. The number of likely N-dealkylation sites (tertiary alicyclic amines) is 1. The van der Waals surface area contributed by atoms with Gasteiger partial charge in [-0.2, -0.15) is 0 Å². The molecule has 2 fully saturated rings. The summed E-state index contributed by atoms with van der Waals surface area (Å²) < 4.78 is 0. The molecule has 1 atom stereocenters. The van der Waals surface area contributed by atoms with Crippen LogP contribution in [-0.4, -0.2) is 65.5 Å². The molecule has 0 aromatic heterocycles. The van der Waals surface area contributed by atoms with E-state index in [2.05, 4.69) is 5.32 Å². The van der Waals surface area contributed by atoms with Crippen LogP contribution in [0.25, 0.3) is 0 Å². The van der Waals surface area contributed by atoms with Crippen LogP contribution in [0.5, 0.6) is 0 Å². The van der Waals surface area contributed by atoms with Gasteiger partial charge in [-0.3, -0.25) is 9.59 Å². The van der Waals surface area contributed by atoms with Gasteiger partial charge in [0, 0.05) is 31.3 Å². The van der Waals surface area contributed by atoms with Gasteiger partial charge in [0.2, 0.25) is 11.8 Å². The lowest BCUT2D eigenvalue weighted by atomic mass is 10.0. The Hall–Kier alpha value is -0.750. The van der Waals surface area contributed by atoms with E-state index in [4.69, 9.17) is 0 Å². The normalized spacial score (nSPS) is 24.8. The number of piperidine rings is 1. The van der Waals surface area contributed by atoms with E-state index in [9.17, 15) is 9.59 Å². The largest absolute Gasteiger partial charge is 0.341 e. The van der Waals surface area contributed by atoms with Gasteiger partial charge in [0.15, 0.2) is 0 Å². The van der Waals surface area contributed by atoms with Crippen LogP contribution < -0.4 is 5.32 Å². The minimum Gasteiger partial charge on any atom is -0.341 e. The highest BCUT2D eigenvalue weighted by atomic mass is 32.2. The molecule has 1 N–H and O–H groups in total. The Kier molecular flexibility index (Phi) is 5.10. The quantitative estimate of drug-likeness (QED) is 0.821. The van der Waals surface area contributed by atoms with Crippen LogP contribution in [0.4, 0.5) is 0 Å². The molecule has 0 radical (unpaired) electrons. The Bertz CT molecular complexity index is 343. The SMILES string of the molecule is CCC(=O)N1CSCC1C(=O)N1CCC(NC)CC1. The molecule has 2 aliphatic rings. The highest BCUT2D eigenvalue weighted by Crippen LogP contribution is 2.24. The van der Waals surface area contributed by atoms with Gasteiger partial charge in [-0.15, -0.1) is 11.8 Å². The fourth-order valence-corrected chi connectivity index (χ4v) is 3.87. The van der Waals surface area contributed by atoms with Gasteiger partial charge in [0.25, 0.3) is 0 Å². The first-order valence-corrected chi connectivity index (χ1v) is 8.16. The second kappa shape index (κ2) is 6.61. The van der Waals surface area contributed by atoms with Crippen molar-refractivity contribution in [1.29, 1.82) is 0 Å². The summed E-state index contributed by atoms with van der Waals surface area (Å²) in [6.07, 6.45) is 2.49. The molecule has 2 saturated heterocycles. The predicted molar refractivity (Wildman–Crippen MR) is 76.9 cm³/mol. The van der Waals surface area contributed by atoms with E-state index in [-0.39, 0.29) is 17.9 Å². The van der Waals surface area contributed by atoms with Crippen LogP contribution in [0.1, 0.15) is 26.2 Å². The minimum atomic E-state index is -0.233. The van der Waals surface area contributed by atoms with Crippen LogP contribution in [0, 0.1) is 0 Å². The zero-order chi connectivity index (χ0) is 13.8. The topological polar surface area (TPSA) is 52.7 Å². The summed E-state index contributed by atoms with van der Waals surface area (Å²) in [6.45, 7) is 3.46. The molecule has 0 aromatic rings. The molecule has 2 heterocycles. The molecule has 0 aliphatic carbocycles. The maximum Gasteiger partial charge on any atom is 0.246 e. The van der Waals surface area contributed by atoms with Gasteiger partial charge in [0.1, 0.15) is 6.04 Å². The second-order valence-electron chi connectivity index (χ2n) is 5.12.